The Morgan fingerprint density at radius 3 is 2.69 bits per heavy atom. The second-order valence-electron chi connectivity index (χ2n) is 3.85. The van der Waals surface area contributed by atoms with E-state index in [2.05, 4.69) is 5.32 Å². The topological polar surface area (TPSA) is 86.7 Å². The van der Waals surface area contributed by atoms with Crippen molar-refractivity contribution in [1.29, 1.82) is 0 Å². The van der Waals surface area contributed by atoms with Gasteiger partial charge >= 0.3 is 5.97 Å². The minimum absolute atomic E-state index is 0.278. The SMILES string of the molecule is CNC(=O)C(C)N1CCCC(C(=O)O)C1=O. The third-order valence-electron chi connectivity index (χ3n) is 2.86. The maximum absolute atomic E-state index is 11.8. The van der Waals surface area contributed by atoms with Crippen molar-refractivity contribution < 1.29 is 19.5 Å². The zero-order valence-electron chi connectivity index (χ0n) is 9.40. The van der Waals surface area contributed by atoms with Crippen molar-refractivity contribution in [2.75, 3.05) is 13.6 Å². The largest absolute Gasteiger partial charge is 0.481 e. The number of likely N-dealkylation sites (tertiary alicyclic amines) is 1. The molecule has 6 heteroatoms. The Morgan fingerprint density at radius 2 is 2.19 bits per heavy atom. The minimum Gasteiger partial charge on any atom is -0.481 e. The summed E-state index contributed by atoms with van der Waals surface area (Å²) in [4.78, 5) is 35.3. The van der Waals surface area contributed by atoms with Gasteiger partial charge in [-0.1, -0.05) is 0 Å². The molecule has 1 fully saturated rings. The van der Waals surface area contributed by atoms with E-state index in [9.17, 15) is 14.4 Å². The molecular weight excluding hydrogens is 212 g/mol. The molecule has 2 atom stereocenters. The molecule has 1 aliphatic heterocycles. The number of nitrogens with one attached hydrogen (secondary N) is 1. The number of nitrogens with zero attached hydrogens (tertiary/aromatic N) is 1. The van der Waals surface area contributed by atoms with Crippen molar-refractivity contribution in [3.8, 4) is 0 Å². The van der Waals surface area contributed by atoms with Gasteiger partial charge in [-0.25, -0.2) is 0 Å². The van der Waals surface area contributed by atoms with Crippen molar-refractivity contribution in [2.24, 2.45) is 5.92 Å². The van der Waals surface area contributed by atoms with E-state index in [1.807, 2.05) is 0 Å². The third-order valence-corrected chi connectivity index (χ3v) is 2.86. The van der Waals surface area contributed by atoms with Crippen LogP contribution in [0.5, 0.6) is 0 Å². The number of carboxylic acids is 1. The number of carbonyl (C=O) groups excluding carboxylic acids is 2. The summed E-state index contributed by atoms with van der Waals surface area (Å²) < 4.78 is 0. The zero-order valence-corrected chi connectivity index (χ0v) is 9.40. The van der Waals surface area contributed by atoms with Crippen LogP contribution in [0.1, 0.15) is 19.8 Å². The highest BCUT2D eigenvalue weighted by molar-refractivity contribution is 5.99. The number of amides is 2. The van der Waals surface area contributed by atoms with Crippen molar-refractivity contribution in [2.45, 2.75) is 25.8 Å². The van der Waals surface area contributed by atoms with Crippen LogP contribution >= 0.6 is 0 Å². The van der Waals surface area contributed by atoms with Gasteiger partial charge in [0.05, 0.1) is 0 Å². The molecule has 1 rings (SSSR count). The smallest absolute Gasteiger partial charge is 0.316 e. The van der Waals surface area contributed by atoms with E-state index in [4.69, 9.17) is 5.11 Å². The van der Waals surface area contributed by atoms with Crippen LogP contribution in [0.25, 0.3) is 0 Å². The zero-order chi connectivity index (χ0) is 12.3. The van der Waals surface area contributed by atoms with Crippen molar-refractivity contribution in [1.82, 2.24) is 10.2 Å². The van der Waals surface area contributed by atoms with E-state index >= 15 is 0 Å². The lowest BCUT2D eigenvalue weighted by Crippen LogP contribution is -2.53. The average Bonchev–Trinajstić information content (AvgIpc) is 2.27. The normalized spacial score (nSPS) is 22.8. The number of hydrogen-bond acceptors (Lipinski definition) is 3. The molecule has 2 amide bonds. The van der Waals surface area contributed by atoms with E-state index in [0.29, 0.717) is 19.4 Å². The van der Waals surface area contributed by atoms with Crippen LogP contribution in [0, 0.1) is 5.92 Å². The summed E-state index contributed by atoms with van der Waals surface area (Å²) in [5.74, 6) is -2.85. The van der Waals surface area contributed by atoms with E-state index < -0.39 is 23.8 Å². The first kappa shape index (κ1) is 12.5. The summed E-state index contributed by atoms with van der Waals surface area (Å²) >= 11 is 0. The summed E-state index contributed by atoms with van der Waals surface area (Å²) in [7, 11) is 1.49. The van der Waals surface area contributed by atoms with Gasteiger partial charge in [0, 0.05) is 13.6 Å². The lowest BCUT2D eigenvalue weighted by Gasteiger charge is -2.34. The van der Waals surface area contributed by atoms with Crippen LogP contribution in [-0.2, 0) is 14.4 Å². The molecule has 0 radical (unpaired) electrons. The summed E-state index contributed by atoms with van der Waals surface area (Å²) in [5, 5.41) is 11.3. The number of rotatable bonds is 3. The molecule has 0 aromatic rings. The third kappa shape index (κ3) is 2.32. The monoisotopic (exact) mass is 228 g/mol. The Morgan fingerprint density at radius 1 is 1.56 bits per heavy atom. The summed E-state index contributed by atoms with van der Waals surface area (Å²) in [6.07, 6.45) is 0.967. The van der Waals surface area contributed by atoms with Gasteiger partial charge in [-0.15, -0.1) is 0 Å². The van der Waals surface area contributed by atoms with Gasteiger partial charge in [-0.05, 0) is 19.8 Å². The maximum atomic E-state index is 11.8. The van der Waals surface area contributed by atoms with Crippen LogP contribution in [-0.4, -0.2) is 47.4 Å². The number of likely N-dealkylation sites (N-methyl/N-ethyl adjacent to an activating group) is 1. The highest BCUT2D eigenvalue weighted by Crippen LogP contribution is 2.20. The Hall–Kier alpha value is -1.59. The van der Waals surface area contributed by atoms with Crippen molar-refractivity contribution >= 4 is 17.8 Å². The second kappa shape index (κ2) is 4.96. The second-order valence-corrected chi connectivity index (χ2v) is 3.85. The molecule has 0 aromatic heterocycles. The van der Waals surface area contributed by atoms with Gasteiger partial charge in [0.25, 0.3) is 0 Å². The van der Waals surface area contributed by atoms with Crippen LogP contribution in [0.2, 0.25) is 0 Å². The average molecular weight is 228 g/mol. The van der Waals surface area contributed by atoms with Gasteiger partial charge in [-0.3, -0.25) is 14.4 Å². The number of piperidine rings is 1. The molecule has 0 aromatic carbocycles. The first-order valence-corrected chi connectivity index (χ1v) is 5.24. The van der Waals surface area contributed by atoms with E-state index in [1.54, 1.807) is 6.92 Å². The van der Waals surface area contributed by atoms with Gasteiger partial charge < -0.3 is 15.3 Å². The fourth-order valence-electron chi connectivity index (χ4n) is 1.86. The molecule has 0 saturated carbocycles. The van der Waals surface area contributed by atoms with Crippen molar-refractivity contribution in [3.63, 3.8) is 0 Å². The Balaban J connectivity index is 2.77. The minimum atomic E-state index is -1.11. The number of aliphatic carboxylic acids is 1. The molecule has 0 aliphatic carbocycles. The van der Waals surface area contributed by atoms with Gasteiger partial charge in [0.2, 0.25) is 11.8 Å². The van der Waals surface area contributed by atoms with E-state index in [0.717, 1.165) is 0 Å². The van der Waals surface area contributed by atoms with Gasteiger partial charge in [0.15, 0.2) is 0 Å². The van der Waals surface area contributed by atoms with Crippen LogP contribution in [0.3, 0.4) is 0 Å². The molecule has 16 heavy (non-hydrogen) atoms. The molecular formula is C10H16N2O4. The number of carbonyl (C=O) groups is 3. The first-order chi connectivity index (χ1) is 7.49. The van der Waals surface area contributed by atoms with E-state index in [1.165, 1.54) is 11.9 Å². The molecule has 1 heterocycles. The Bertz CT molecular complexity index is 316. The van der Waals surface area contributed by atoms with Crippen LogP contribution < -0.4 is 5.32 Å². The predicted molar refractivity (Wildman–Crippen MR) is 55.6 cm³/mol. The van der Waals surface area contributed by atoms with Gasteiger partial charge in [-0.2, -0.15) is 0 Å². The standard InChI is InChI=1S/C10H16N2O4/c1-6(8(13)11-2)12-5-3-4-7(9(12)14)10(15)16/h6-7H,3-5H2,1-2H3,(H,11,13)(H,15,16). The molecule has 90 valence electrons. The molecule has 2 unspecified atom stereocenters. The first-order valence-electron chi connectivity index (χ1n) is 5.24. The molecule has 0 bridgehead atoms. The van der Waals surface area contributed by atoms with E-state index in [-0.39, 0.29) is 5.91 Å². The molecule has 0 spiro atoms. The number of hydrogen-bond donors (Lipinski definition) is 2. The highest BCUT2D eigenvalue weighted by Gasteiger charge is 2.37. The number of carboxylic acid groups (broad SMARTS) is 1. The molecule has 6 nitrogen and oxygen atoms in total. The molecule has 1 aliphatic rings. The fraction of sp³-hybridized carbons (Fsp3) is 0.700. The Kier molecular flexibility index (Phi) is 3.87. The Labute approximate surface area is 93.6 Å². The molecule has 1 saturated heterocycles. The lowest BCUT2D eigenvalue weighted by atomic mass is 9.96. The quantitative estimate of drug-likeness (QED) is 0.634. The lowest BCUT2D eigenvalue weighted by molar-refractivity contribution is -0.156. The summed E-state index contributed by atoms with van der Waals surface area (Å²) in [6.45, 7) is 2.04. The van der Waals surface area contributed by atoms with Crippen molar-refractivity contribution in [3.05, 3.63) is 0 Å². The van der Waals surface area contributed by atoms with Crippen LogP contribution in [0.4, 0.5) is 0 Å². The molecule has 2 N–H and O–H groups in total. The maximum Gasteiger partial charge on any atom is 0.316 e. The highest BCUT2D eigenvalue weighted by atomic mass is 16.4. The summed E-state index contributed by atoms with van der Waals surface area (Å²) in [5.41, 5.74) is 0. The van der Waals surface area contributed by atoms with Crippen LogP contribution in [0.15, 0.2) is 0 Å². The predicted octanol–water partition coefficient (Wildman–Crippen LogP) is -0.556. The fourth-order valence-corrected chi connectivity index (χ4v) is 1.86. The summed E-state index contributed by atoms with van der Waals surface area (Å²) in [6, 6.07) is -0.611. The van der Waals surface area contributed by atoms with Gasteiger partial charge in [0.1, 0.15) is 12.0 Å².